The van der Waals surface area contributed by atoms with Crippen LogP contribution in [0.4, 0.5) is 0 Å². The number of hydrogen-bond donors (Lipinski definition) is 0. The number of benzene rings is 3. The molecule has 0 radical (unpaired) electrons. The summed E-state index contributed by atoms with van der Waals surface area (Å²) in [4.78, 5) is 80.2. The maximum absolute atomic E-state index is 12.4. The molecule has 0 unspecified atom stereocenters. The number of para-hydroxylation sites is 2. The second-order valence-corrected chi connectivity index (χ2v) is 10.6. The average Bonchev–Trinajstić information content (AvgIpc) is 3.16. The molecular weight excluding hydrogens is 676 g/mol. The number of carbonyl (C=O) groups is 6. The molecule has 1 aromatic heterocycles. The van der Waals surface area contributed by atoms with Crippen molar-refractivity contribution < 1.29 is 57.2 Å². The summed E-state index contributed by atoms with van der Waals surface area (Å²) in [5.41, 5.74) is 3.75. The monoisotopic (exact) mass is 710 g/mol. The van der Waals surface area contributed by atoms with Crippen LogP contribution in [0, 0.1) is 0 Å². The molecule has 0 amide bonds. The highest BCUT2D eigenvalue weighted by Crippen LogP contribution is 2.33. The number of rotatable bonds is 18. The fourth-order valence-electron chi connectivity index (χ4n) is 4.40. The van der Waals surface area contributed by atoms with Crippen molar-refractivity contribution in [3.63, 3.8) is 0 Å². The quantitative estimate of drug-likeness (QED) is 0.0447. The van der Waals surface area contributed by atoms with E-state index in [1.807, 2.05) is 24.3 Å². The first-order valence-electron chi connectivity index (χ1n) is 15.9. The van der Waals surface area contributed by atoms with E-state index in [-0.39, 0.29) is 63.6 Å². The van der Waals surface area contributed by atoms with Gasteiger partial charge < -0.3 is 28.4 Å². The summed E-state index contributed by atoms with van der Waals surface area (Å²) in [5.74, 6) is -3.33. The smallest absolute Gasteiger partial charge is 0.330 e. The summed E-state index contributed by atoms with van der Waals surface area (Å²) in [6, 6.07) is 20.6. The molecule has 0 saturated carbocycles. The summed E-state index contributed by atoms with van der Waals surface area (Å²) in [6.07, 6.45) is 1.11. The van der Waals surface area contributed by atoms with Crippen molar-refractivity contribution in [3.05, 3.63) is 98.1 Å². The van der Waals surface area contributed by atoms with Crippen LogP contribution in [-0.2, 0) is 47.7 Å². The van der Waals surface area contributed by atoms with E-state index in [2.05, 4.69) is 13.2 Å². The van der Waals surface area contributed by atoms with Crippen LogP contribution in [0.1, 0.15) is 25.7 Å². The average molecular weight is 711 g/mol. The third-order valence-corrected chi connectivity index (χ3v) is 6.87. The molecule has 52 heavy (non-hydrogen) atoms. The van der Waals surface area contributed by atoms with Crippen molar-refractivity contribution in [1.29, 1.82) is 0 Å². The first-order chi connectivity index (χ1) is 25.1. The molecule has 14 heteroatoms. The minimum atomic E-state index is -0.642. The molecule has 0 spiro atoms. The van der Waals surface area contributed by atoms with E-state index < -0.39 is 35.8 Å². The third-order valence-electron chi connectivity index (χ3n) is 6.87. The molecule has 0 bridgehead atoms. The summed E-state index contributed by atoms with van der Waals surface area (Å²) >= 11 is 0. The van der Waals surface area contributed by atoms with E-state index in [1.54, 1.807) is 48.5 Å². The van der Waals surface area contributed by atoms with Crippen LogP contribution in [0.5, 0.6) is 11.5 Å². The van der Waals surface area contributed by atoms with Crippen molar-refractivity contribution in [1.82, 2.24) is 9.97 Å². The molecule has 0 fully saturated rings. The zero-order chi connectivity index (χ0) is 37.3. The molecule has 0 aliphatic heterocycles. The van der Waals surface area contributed by atoms with Crippen LogP contribution in [0.2, 0.25) is 0 Å². The van der Waals surface area contributed by atoms with Crippen molar-refractivity contribution in [3.8, 4) is 34.0 Å². The molecule has 3 aromatic carbocycles. The van der Waals surface area contributed by atoms with Gasteiger partial charge in [0.1, 0.15) is 37.9 Å². The highest BCUT2D eigenvalue weighted by atomic mass is 16.6. The fourth-order valence-corrected chi connectivity index (χ4v) is 4.40. The lowest BCUT2D eigenvalue weighted by molar-refractivity contribution is -0.151. The predicted molar refractivity (Wildman–Crippen MR) is 184 cm³/mol. The van der Waals surface area contributed by atoms with Gasteiger partial charge in [0, 0.05) is 23.3 Å². The number of aromatic nitrogens is 2. The van der Waals surface area contributed by atoms with Gasteiger partial charge in [-0.15, -0.1) is 0 Å². The van der Waals surface area contributed by atoms with E-state index in [4.69, 9.17) is 38.4 Å². The van der Waals surface area contributed by atoms with Crippen LogP contribution in [0.25, 0.3) is 33.5 Å². The summed E-state index contributed by atoms with van der Waals surface area (Å²) in [5, 5.41) is 0. The zero-order valence-electron chi connectivity index (χ0n) is 27.9. The summed E-state index contributed by atoms with van der Waals surface area (Å²) < 4.78 is 30.0. The number of esters is 6. The van der Waals surface area contributed by atoms with Crippen LogP contribution < -0.4 is 9.47 Å². The van der Waals surface area contributed by atoms with E-state index in [0.717, 1.165) is 12.2 Å². The number of fused-ring (bicyclic) bond motifs is 1. The maximum atomic E-state index is 12.4. The SMILES string of the molecule is C=CC(=O)OCCOC(=O)CCC(=O)Oc1ccc(-c2nc3ccccc3nc2-c2ccc(OC(=O)CCC(=O)OCCOC(=O)C=C)cc2)cc1. The van der Waals surface area contributed by atoms with Gasteiger partial charge in [0.25, 0.3) is 0 Å². The van der Waals surface area contributed by atoms with E-state index >= 15 is 0 Å². The van der Waals surface area contributed by atoms with Crippen molar-refractivity contribution >= 4 is 46.8 Å². The van der Waals surface area contributed by atoms with Crippen LogP contribution >= 0.6 is 0 Å². The first kappa shape index (κ1) is 38.1. The topological polar surface area (TPSA) is 184 Å². The largest absolute Gasteiger partial charge is 0.462 e. The first-order valence-corrected chi connectivity index (χ1v) is 15.9. The molecule has 0 N–H and O–H groups in total. The van der Waals surface area contributed by atoms with E-state index in [1.165, 1.54) is 0 Å². The van der Waals surface area contributed by atoms with Crippen LogP contribution in [0.3, 0.4) is 0 Å². The Morgan fingerprint density at radius 2 is 0.827 bits per heavy atom. The molecule has 14 nitrogen and oxygen atoms in total. The fraction of sp³-hybridized carbons (Fsp3) is 0.211. The third kappa shape index (κ3) is 12.0. The number of hydrogen-bond acceptors (Lipinski definition) is 14. The highest BCUT2D eigenvalue weighted by molar-refractivity contribution is 5.87. The molecule has 0 saturated heterocycles. The van der Waals surface area contributed by atoms with Crippen molar-refractivity contribution in [2.45, 2.75) is 25.7 Å². The van der Waals surface area contributed by atoms with Gasteiger partial charge in [-0.2, -0.15) is 0 Å². The Kier molecular flexibility index (Phi) is 14.3. The second kappa shape index (κ2) is 19.5. The molecule has 268 valence electrons. The van der Waals surface area contributed by atoms with E-state index in [0.29, 0.717) is 33.5 Å². The van der Waals surface area contributed by atoms with E-state index in [9.17, 15) is 28.8 Å². The van der Waals surface area contributed by atoms with Gasteiger partial charge in [0.2, 0.25) is 0 Å². The minimum Gasteiger partial charge on any atom is -0.462 e. The summed E-state index contributed by atoms with van der Waals surface area (Å²) in [7, 11) is 0. The lowest BCUT2D eigenvalue weighted by Crippen LogP contribution is -2.15. The molecule has 4 rings (SSSR count). The Bertz CT molecular complexity index is 1800. The Balaban J connectivity index is 1.35. The standard InChI is InChI=1S/C38H34N2O12/c1-3-31(41)47-21-23-49-33(43)17-19-35(45)51-27-13-9-25(10-14-27)37-38(40-30-8-6-5-7-29(30)39-37)26-11-15-28(16-12-26)52-36(46)20-18-34(44)50-24-22-48-32(42)4-2/h3-16H,1-2,17-24H2. The van der Waals surface area contributed by atoms with Crippen molar-refractivity contribution in [2.75, 3.05) is 26.4 Å². The molecule has 0 aliphatic carbocycles. The van der Waals surface area contributed by atoms with Crippen LogP contribution in [-0.4, -0.2) is 72.2 Å². The lowest BCUT2D eigenvalue weighted by atomic mass is 10.0. The van der Waals surface area contributed by atoms with Gasteiger partial charge in [-0.3, -0.25) is 19.2 Å². The molecular formula is C38H34N2O12. The van der Waals surface area contributed by atoms with Gasteiger partial charge >= 0.3 is 35.8 Å². The second-order valence-electron chi connectivity index (χ2n) is 10.6. The Morgan fingerprint density at radius 1 is 0.481 bits per heavy atom. The molecule has 1 heterocycles. The van der Waals surface area contributed by atoms with Gasteiger partial charge in [0.15, 0.2) is 0 Å². The normalized spacial score (nSPS) is 10.4. The van der Waals surface area contributed by atoms with Gasteiger partial charge in [-0.05, 0) is 60.7 Å². The predicted octanol–water partition coefficient (Wildman–Crippen LogP) is 4.88. The lowest BCUT2D eigenvalue weighted by Gasteiger charge is -2.12. The molecule has 0 aliphatic rings. The van der Waals surface area contributed by atoms with Gasteiger partial charge in [-0.25, -0.2) is 19.6 Å². The Hall–Kier alpha value is -6.70. The highest BCUT2D eigenvalue weighted by Gasteiger charge is 2.16. The summed E-state index contributed by atoms with van der Waals surface area (Å²) in [6.45, 7) is 5.98. The number of nitrogens with zero attached hydrogens (tertiary/aromatic N) is 2. The minimum absolute atomic E-state index is 0.125. The van der Waals surface area contributed by atoms with Gasteiger partial charge in [-0.1, -0.05) is 25.3 Å². The molecule has 0 atom stereocenters. The Labute approximate surface area is 298 Å². The van der Waals surface area contributed by atoms with Crippen molar-refractivity contribution in [2.24, 2.45) is 0 Å². The molecule has 4 aromatic rings. The van der Waals surface area contributed by atoms with Gasteiger partial charge in [0.05, 0.1) is 48.1 Å². The maximum Gasteiger partial charge on any atom is 0.330 e. The number of ether oxygens (including phenoxy) is 6. The zero-order valence-corrected chi connectivity index (χ0v) is 27.9. The Morgan fingerprint density at radius 3 is 1.19 bits per heavy atom. The number of carbonyl (C=O) groups excluding carboxylic acids is 6. The van der Waals surface area contributed by atoms with Crippen LogP contribution in [0.15, 0.2) is 98.1 Å².